The minimum Gasteiger partial charge on any atom is -0.393 e. The van der Waals surface area contributed by atoms with Crippen LogP contribution in [0.4, 0.5) is 0 Å². The van der Waals surface area contributed by atoms with Gasteiger partial charge < -0.3 is 19.6 Å². The van der Waals surface area contributed by atoms with Gasteiger partial charge in [0, 0.05) is 18.8 Å². The molecule has 1 atom stereocenters. The first kappa shape index (κ1) is 15.9. The number of nitrogens with zero attached hydrogens (tertiary/aromatic N) is 3. The Morgan fingerprint density at radius 2 is 2.17 bits per heavy atom. The van der Waals surface area contributed by atoms with Gasteiger partial charge in [-0.1, -0.05) is 5.16 Å². The van der Waals surface area contributed by atoms with Crippen molar-refractivity contribution in [2.24, 2.45) is 0 Å². The van der Waals surface area contributed by atoms with E-state index < -0.39 is 5.60 Å². The second-order valence-corrected chi connectivity index (χ2v) is 6.29. The fourth-order valence-corrected chi connectivity index (χ4v) is 3.10. The van der Waals surface area contributed by atoms with E-state index in [1.165, 1.54) is 0 Å². The van der Waals surface area contributed by atoms with Crippen LogP contribution in [-0.4, -0.2) is 56.5 Å². The number of pyridine rings is 1. The molecule has 23 heavy (non-hydrogen) atoms. The van der Waals surface area contributed by atoms with Gasteiger partial charge in [-0.3, -0.25) is 4.79 Å². The van der Waals surface area contributed by atoms with E-state index in [0.717, 1.165) is 0 Å². The molecule has 0 aliphatic carbocycles. The maximum absolute atomic E-state index is 13.0. The fourth-order valence-electron chi connectivity index (χ4n) is 3.10. The van der Waals surface area contributed by atoms with Gasteiger partial charge in [0.25, 0.3) is 11.6 Å². The summed E-state index contributed by atoms with van der Waals surface area (Å²) in [5.74, 6) is -0.117. The van der Waals surface area contributed by atoms with Crippen LogP contribution in [0.1, 0.15) is 41.0 Å². The Balaban J connectivity index is 1.93. The molecule has 1 unspecified atom stereocenters. The molecule has 0 aromatic carbocycles. The molecule has 3 rings (SSSR count). The number of aliphatic hydroxyl groups is 2. The van der Waals surface area contributed by atoms with Gasteiger partial charge in [0.05, 0.1) is 28.9 Å². The lowest BCUT2D eigenvalue weighted by atomic mass is 9.96. The third-order valence-electron chi connectivity index (χ3n) is 4.47. The normalized spacial score (nSPS) is 22.3. The number of rotatable bonds is 2. The fraction of sp³-hybridized carbons (Fsp3) is 0.562. The van der Waals surface area contributed by atoms with Crippen molar-refractivity contribution >= 4 is 17.0 Å². The maximum Gasteiger partial charge on any atom is 0.258 e. The third-order valence-corrected chi connectivity index (χ3v) is 4.47. The quantitative estimate of drug-likeness (QED) is 0.862. The first-order chi connectivity index (χ1) is 10.9. The summed E-state index contributed by atoms with van der Waals surface area (Å²) in [7, 11) is 0. The minimum absolute atomic E-state index is 0.117. The van der Waals surface area contributed by atoms with Crippen molar-refractivity contribution < 1.29 is 19.5 Å². The zero-order valence-electron chi connectivity index (χ0n) is 13.4. The SMILES string of the molecule is Cc1cc(C(=O)N2CCCC(O)(CO)CC2)c2c(C)noc2n1. The van der Waals surface area contributed by atoms with E-state index in [0.29, 0.717) is 60.4 Å². The lowest BCUT2D eigenvalue weighted by Crippen LogP contribution is -2.36. The average molecular weight is 319 g/mol. The van der Waals surface area contributed by atoms with Crippen LogP contribution in [0.15, 0.2) is 10.6 Å². The van der Waals surface area contributed by atoms with Gasteiger partial charge >= 0.3 is 0 Å². The van der Waals surface area contributed by atoms with Crippen molar-refractivity contribution in [2.45, 2.75) is 38.7 Å². The van der Waals surface area contributed by atoms with E-state index in [2.05, 4.69) is 10.1 Å². The number of aryl methyl sites for hydroxylation is 2. The van der Waals surface area contributed by atoms with Gasteiger partial charge in [0.1, 0.15) is 0 Å². The summed E-state index contributed by atoms with van der Waals surface area (Å²) in [6.07, 6.45) is 1.51. The molecule has 0 spiro atoms. The summed E-state index contributed by atoms with van der Waals surface area (Å²) in [6.45, 7) is 4.27. The Hall–Kier alpha value is -1.99. The number of hydrogen-bond acceptors (Lipinski definition) is 6. The molecule has 1 saturated heterocycles. The zero-order chi connectivity index (χ0) is 16.6. The van der Waals surface area contributed by atoms with Crippen molar-refractivity contribution in [1.29, 1.82) is 0 Å². The standard InChI is InChI=1S/C16H21N3O4/c1-10-8-12(13-11(2)18-23-14(13)17-10)15(21)19-6-3-4-16(22,9-20)5-7-19/h8,20,22H,3-7,9H2,1-2H3. The van der Waals surface area contributed by atoms with E-state index >= 15 is 0 Å². The highest BCUT2D eigenvalue weighted by atomic mass is 16.5. The monoisotopic (exact) mass is 319 g/mol. The van der Waals surface area contributed by atoms with Crippen LogP contribution in [0.3, 0.4) is 0 Å². The number of fused-ring (bicyclic) bond motifs is 1. The van der Waals surface area contributed by atoms with Crippen LogP contribution < -0.4 is 0 Å². The number of aliphatic hydroxyl groups excluding tert-OH is 1. The Kier molecular flexibility index (Phi) is 4.08. The molecular weight excluding hydrogens is 298 g/mol. The molecule has 0 saturated carbocycles. The van der Waals surface area contributed by atoms with Gasteiger partial charge in [-0.25, -0.2) is 4.98 Å². The van der Waals surface area contributed by atoms with Crippen molar-refractivity contribution in [2.75, 3.05) is 19.7 Å². The molecule has 3 heterocycles. The molecule has 2 aromatic rings. The van der Waals surface area contributed by atoms with Crippen LogP contribution >= 0.6 is 0 Å². The zero-order valence-corrected chi connectivity index (χ0v) is 13.4. The summed E-state index contributed by atoms with van der Waals surface area (Å²) in [5, 5.41) is 24.1. The molecule has 1 aliphatic heterocycles. The van der Waals surface area contributed by atoms with E-state index in [1.807, 2.05) is 0 Å². The Morgan fingerprint density at radius 1 is 1.39 bits per heavy atom. The van der Waals surface area contributed by atoms with Crippen LogP contribution in [0.2, 0.25) is 0 Å². The highest BCUT2D eigenvalue weighted by Gasteiger charge is 2.32. The Morgan fingerprint density at radius 3 is 2.91 bits per heavy atom. The molecule has 1 amide bonds. The van der Waals surface area contributed by atoms with Gasteiger partial charge in [-0.05, 0) is 39.2 Å². The minimum atomic E-state index is -1.09. The number of amides is 1. The number of likely N-dealkylation sites (tertiary alicyclic amines) is 1. The van der Waals surface area contributed by atoms with Crippen molar-refractivity contribution in [3.63, 3.8) is 0 Å². The second-order valence-electron chi connectivity index (χ2n) is 6.29. The third kappa shape index (κ3) is 2.94. The molecule has 2 N–H and O–H groups in total. The van der Waals surface area contributed by atoms with Crippen LogP contribution in [0.5, 0.6) is 0 Å². The second kappa shape index (κ2) is 5.90. The molecule has 124 valence electrons. The molecule has 2 aromatic heterocycles. The molecule has 7 heteroatoms. The smallest absolute Gasteiger partial charge is 0.258 e. The number of hydrogen-bond donors (Lipinski definition) is 2. The molecule has 0 radical (unpaired) electrons. The molecular formula is C16H21N3O4. The van der Waals surface area contributed by atoms with Gasteiger partial charge in [0.2, 0.25) is 0 Å². The predicted octanol–water partition coefficient (Wildman–Crippen LogP) is 1.19. The van der Waals surface area contributed by atoms with Gasteiger partial charge in [-0.2, -0.15) is 0 Å². The van der Waals surface area contributed by atoms with Crippen LogP contribution in [-0.2, 0) is 0 Å². The van der Waals surface area contributed by atoms with Crippen molar-refractivity contribution in [3.05, 3.63) is 23.0 Å². The van der Waals surface area contributed by atoms with E-state index in [4.69, 9.17) is 4.52 Å². The van der Waals surface area contributed by atoms with Gasteiger partial charge in [0.15, 0.2) is 0 Å². The predicted molar refractivity (Wildman–Crippen MR) is 83.1 cm³/mol. The Bertz CT molecular complexity index is 742. The summed E-state index contributed by atoms with van der Waals surface area (Å²) in [6, 6.07) is 1.75. The average Bonchev–Trinajstić information content (AvgIpc) is 2.78. The topological polar surface area (TPSA) is 99.7 Å². The lowest BCUT2D eigenvalue weighted by Gasteiger charge is -2.24. The first-order valence-electron chi connectivity index (χ1n) is 7.80. The largest absolute Gasteiger partial charge is 0.393 e. The Labute approximate surface area is 133 Å². The number of carbonyl (C=O) groups is 1. The van der Waals surface area contributed by atoms with Crippen molar-refractivity contribution in [3.8, 4) is 0 Å². The molecule has 1 fully saturated rings. The molecule has 0 bridgehead atoms. The first-order valence-corrected chi connectivity index (χ1v) is 7.80. The number of aromatic nitrogens is 2. The lowest BCUT2D eigenvalue weighted by molar-refractivity contribution is -0.0250. The highest BCUT2D eigenvalue weighted by Crippen LogP contribution is 2.26. The van der Waals surface area contributed by atoms with Crippen LogP contribution in [0, 0.1) is 13.8 Å². The summed E-state index contributed by atoms with van der Waals surface area (Å²) >= 11 is 0. The van der Waals surface area contributed by atoms with Crippen molar-refractivity contribution in [1.82, 2.24) is 15.0 Å². The molecule has 1 aliphatic rings. The summed E-state index contributed by atoms with van der Waals surface area (Å²) < 4.78 is 5.18. The summed E-state index contributed by atoms with van der Waals surface area (Å²) in [5.41, 5.74) is 1.13. The highest BCUT2D eigenvalue weighted by molar-refractivity contribution is 6.06. The molecule has 7 nitrogen and oxygen atoms in total. The van der Waals surface area contributed by atoms with Crippen LogP contribution in [0.25, 0.3) is 11.1 Å². The summed E-state index contributed by atoms with van der Waals surface area (Å²) in [4.78, 5) is 18.9. The van der Waals surface area contributed by atoms with E-state index in [-0.39, 0.29) is 12.5 Å². The maximum atomic E-state index is 13.0. The van der Waals surface area contributed by atoms with E-state index in [9.17, 15) is 15.0 Å². The van der Waals surface area contributed by atoms with E-state index in [1.54, 1.807) is 24.8 Å². The number of carbonyl (C=O) groups excluding carboxylic acids is 1. The van der Waals surface area contributed by atoms with Gasteiger partial charge in [-0.15, -0.1) is 0 Å².